The third-order valence-corrected chi connectivity index (χ3v) is 3.14. The standard InChI is InChI=1S/C14H9NO3/c15-13(16)9-4-5-10(14(17)18)12-8-3-1-2-7(6-8)11(9)12/h1-6H,(H2,15,16)(H,17,18). The highest BCUT2D eigenvalue weighted by atomic mass is 16.4. The van der Waals surface area contributed by atoms with E-state index in [9.17, 15) is 14.7 Å². The molecule has 0 saturated heterocycles. The van der Waals surface area contributed by atoms with Crippen LogP contribution in [0.1, 0.15) is 20.7 Å². The lowest BCUT2D eigenvalue weighted by Gasteiger charge is -2.09. The minimum Gasteiger partial charge on any atom is -0.478 e. The molecule has 0 atom stereocenters. The van der Waals surface area contributed by atoms with Crippen molar-refractivity contribution in [2.75, 3.05) is 0 Å². The zero-order valence-corrected chi connectivity index (χ0v) is 9.31. The lowest BCUT2D eigenvalue weighted by Crippen LogP contribution is -2.13. The first-order valence-electron chi connectivity index (χ1n) is 5.40. The van der Waals surface area contributed by atoms with Gasteiger partial charge in [-0.3, -0.25) is 4.79 Å². The average molecular weight is 239 g/mol. The van der Waals surface area contributed by atoms with Crippen molar-refractivity contribution in [2.24, 2.45) is 5.73 Å². The van der Waals surface area contributed by atoms with Crippen LogP contribution in [-0.4, -0.2) is 17.0 Å². The number of fused-ring (bicyclic) bond motifs is 5. The second-order valence-electron chi connectivity index (χ2n) is 4.16. The highest BCUT2D eigenvalue weighted by molar-refractivity contribution is 6.11. The van der Waals surface area contributed by atoms with Crippen LogP contribution in [0, 0.1) is 0 Å². The van der Waals surface area contributed by atoms with Crippen LogP contribution in [0.2, 0.25) is 0 Å². The Morgan fingerprint density at radius 2 is 1.50 bits per heavy atom. The van der Waals surface area contributed by atoms with Crippen molar-refractivity contribution in [2.45, 2.75) is 0 Å². The summed E-state index contributed by atoms with van der Waals surface area (Å²) in [6, 6.07) is 10.3. The molecule has 0 heterocycles. The van der Waals surface area contributed by atoms with Crippen LogP contribution in [0.5, 0.6) is 0 Å². The molecule has 0 unspecified atom stereocenters. The molecule has 2 aromatic carbocycles. The first kappa shape index (κ1) is 10.5. The molecule has 1 amide bonds. The highest BCUT2D eigenvalue weighted by Crippen LogP contribution is 2.44. The predicted molar refractivity (Wildman–Crippen MR) is 66.3 cm³/mol. The maximum Gasteiger partial charge on any atom is 0.336 e. The van der Waals surface area contributed by atoms with E-state index in [1.165, 1.54) is 12.1 Å². The molecule has 4 heteroatoms. The summed E-state index contributed by atoms with van der Waals surface area (Å²) in [7, 11) is 0. The van der Waals surface area contributed by atoms with Gasteiger partial charge in [-0.2, -0.15) is 0 Å². The largest absolute Gasteiger partial charge is 0.478 e. The van der Waals surface area contributed by atoms with Crippen molar-refractivity contribution in [1.29, 1.82) is 0 Å². The number of carbonyl (C=O) groups excluding carboxylic acids is 1. The zero-order valence-electron chi connectivity index (χ0n) is 9.31. The summed E-state index contributed by atoms with van der Waals surface area (Å²) >= 11 is 0. The Kier molecular flexibility index (Phi) is 2.01. The number of primary amides is 1. The van der Waals surface area contributed by atoms with E-state index in [4.69, 9.17) is 5.73 Å². The number of carboxylic acid groups (broad SMARTS) is 1. The van der Waals surface area contributed by atoms with Crippen molar-refractivity contribution < 1.29 is 14.7 Å². The van der Waals surface area contributed by atoms with Gasteiger partial charge in [-0.25, -0.2) is 4.79 Å². The Bertz CT molecular complexity index is 648. The number of carboxylic acids is 1. The van der Waals surface area contributed by atoms with E-state index in [0.29, 0.717) is 16.7 Å². The molecule has 2 bridgehead atoms. The monoisotopic (exact) mass is 239 g/mol. The van der Waals surface area contributed by atoms with Gasteiger partial charge in [0, 0.05) is 16.7 Å². The van der Waals surface area contributed by atoms with E-state index < -0.39 is 11.9 Å². The molecular formula is C14H9NO3. The third kappa shape index (κ3) is 1.26. The van der Waals surface area contributed by atoms with Crippen LogP contribution in [-0.2, 0) is 0 Å². The van der Waals surface area contributed by atoms with E-state index in [1.807, 2.05) is 24.3 Å². The number of amides is 1. The zero-order chi connectivity index (χ0) is 12.9. The van der Waals surface area contributed by atoms with Gasteiger partial charge in [-0.15, -0.1) is 0 Å². The lowest BCUT2D eigenvalue weighted by atomic mass is 9.94. The van der Waals surface area contributed by atoms with Gasteiger partial charge < -0.3 is 10.8 Å². The Labute approximate surface area is 103 Å². The molecule has 3 rings (SSSR count). The molecule has 2 aromatic rings. The number of hydrogen-bond donors (Lipinski definition) is 2. The molecule has 0 spiro atoms. The van der Waals surface area contributed by atoms with E-state index >= 15 is 0 Å². The van der Waals surface area contributed by atoms with Crippen molar-refractivity contribution in [3.8, 4) is 22.3 Å². The van der Waals surface area contributed by atoms with Gasteiger partial charge in [0.1, 0.15) is 0 Å². The van der Waals surface area contributed by atoms with Crippen molar-refractivity contribution in [1.82, 2.24) is 0 Å². The first-order valence-corrected chi connectivity index (χ1v) is 5.40. The fourth-order valence-electron chi connectivity index (χ4n) is 2.42. The third-order valence-electron chi connectivity index (χ3n) is 3.14. The van der Waals surface area contributed by atoms with Gasteiger partial charge in [0.05, 0.1) is 5.56 Å². The second kappa shape index (κ2) is 3.43. The number of nitrogens with two attached hydrogens (primary N) is 1. The molecule has 1 aliphatic carbocycles. The van der Waals surface area contributed by atoms with Gasteiger partial charge in [0.15, 0.2) is 0 Å². The molecule has 0 aliphatic heterocycles. The summed E-state index contributed by atoms with van der Waals surface area (Å²) in [5.41, 5.74) is 8.74. The smallest absolute Gasteiger partial charge is 0.336 e. The summed E-state index contributed by atoms with van der Waals surface area (Å²) < 4.78 is 0. The summed E-state index contributed by atoms with van der Waals surface area (Å²) in [5, 5.41) is 9.21. The Morgan fingerprint density at radius 3 is 2.06 bits per heavy atom. The Hall–Kier alpha value is -2.62. The molecule has 0 radical (unpaired) electrons. The van der Waals surface area contributed by atoms with E-state index in [-0.39, 0.29) is 5.56 Å². The summed E-state index contributed by atoms with van der Waals surface area (Å²) in [4.78, 5) is 22.7. The Balaban J connectivity index is 2.43. The van der Waals surface area contributed by atoms with Gasteiger partial charge >= 0.3 is 5.97 Å². The summed E-state index contributed by atoms with van der Waals surface area (Å²) in [6.07, 6.45) is 0. The molecule has 4 nitrogen and oxygen atoms in total. The average Bonchev–Trinajstić information content (AvgIpc) is 2.60. The molecule has 18 heavy (non-hydrogen) atoms. The number of benzene rings is 2. The molecule has 0 saturated carbocycles. The molecule has 88 valence electrons. The maximum absolute atomic E-state index is 11.4. The minimum absolute atomic E-state index is 0.191. The number of hydrogen-bond acceptors (Lipinski definition) is 2. The molecule has 0 aromatic heterocycles. The highest BCUT2D eigenvalue weighted by Gasteiger charge is 2.26. The maximum atomic E-state index is 11.4. The van der Waals surface area contributed by atoms with Crippen LogP contribution in [0.15, 0.2) is 36.4 Å². The fraction of sp³-hybridized carbons (Fsp3) is 0. The molecular weight excluding hydrogens is 230 g/mol. The van der Waals surface area contributed by atoms with Crippen molar-refractivity contribution in [3.05, 3.63) is 47.5 Å². The SMILES string of the molecule is NC(=O)c1ccc(C(=O)O)c2c1-c1cccc-2c1. The van der Waals surface area contributed by atoms with Gasteiger partial charge in [0.25, 0.3) is 0 Å². The van der Waals surface area contributed by atoms with E-state index in [2.05, 4.69) is 0 Å². The molecule has 3 N–H and O–H groups in total. The van der Waals surface area contributed by atoms with E-state index in [0.717, 1.165) is 11.1 Å². The first-order chi connectivity index (χ1) is 8.59. The van der Waals surface area contributed by atoms with Crippen LogP contribution in [0.3, 0.4) is 0 Å². The molecule has 0 fully saturated rings. The number of aromatic carboxylic acids is 1. The van der Waals surface area contributed by atoms with Crippen LogP contribution in [0.25, 0.3) is 22.3 Å². The fourth-order valence-corrected chi connectivity index (χ4v) is 2.42. The lowest BCUT2D eigenvalue weighted by molar-refractivity contribution is 0.0697. The molecule has 1 aliphatic rings. The van der Waals surface area contributed by atoms with Crippen LogP contribution in [0.4, 0.5) is 0 Å². The van der Waals surface area contributed by atoms with Crippen LogP contribution < -0.4 is 5.73 Å². The minimum atomic E-state index is -1.01. The number of carbonyl (C=O) groups is 2. The number of rotatable bonds is 2. The quantitative estimate of drug-likeness (QED) is 0.718. The van der Waals surface area contributed by atoms with Crippen molar-refractivity contribution >= 4 is 11.9 Å². The topological polar surface area (TPSA) is 80.4 Å². The van der Waals surface area contributed by atoms with Gasteiger partial charge in [-0.1, -0.05) is 18.2 Å². The van der Waals surface area contributed by atoms with Gasteiger partial charge in [0.2, 0.25) is 5.91 Å². The predicted octanol–water partition coefficient (Wildman–Crippen LogP) is 2.13. The van der Waals surface area contributed by atoms with Crippen LogP contribution >= 0.6 is 0 Å². The normalized spacial score (nSPS) is 11.1. The van der Waals surface area contributed by atoms with E-state index in [1.54, 1.807) is 0 Å². The summed E-state index contributed by atoms with van der Waals surface area (Å²) in [6.45, 7) is 0. The Morgan fingerprint density at radius 1 is 0.944 bits per heavy atom. The van der Waals surface area contributed by atoms with Crippen molar-refractivity contribution in [3.63, 3.8) is 0 Å². The van der Waals surface area contributed by atoms with Gasteiger partial charge in [-0.05, 0) is 29.3 Å². The summed E-state index contributed by atoms with van der Waals surface area (Å²) in [5.74, 6) is -1.56. The second-order valence-corrected chi connectivity index (χ2v) is 4.16.